The lowest BCUT2D eigenvalue weighted by molar-refractivity contribution is -0.157. The van der Waals surface area contributed by atoms with Gasteiger partial charge in [-0.05, 0) is 57.7 Å². The number of phenolic OH excluding ortho intramolecular Hbond substituents is 1. The topological polar surface area (TPSA) is 168 Å². The number of aromatic hydroxyl groups is 1. The summed E-state index contributed by atoms with van der Waals surface area (Å²) in [5.74, 6) is -6.02. The number of primary amides is 1. The number of rotatable bonds is 7. The first-order valence-electron chi connectivity index (χ1n) is 13.1. The number of benzene rings is 1. The molecule has 0 bridgehead atoms. The average molecular weight is 543 g/mol. The molecule has 0 radical (unpaired) electrons. The quantitative estimate of drug-likeness (QED) is 0.310. The van der Waals surface area contributed by atoms with Crippen LogP contribution in [0.1, 0.15) is 31.4 Å². The van der Waals surface area contributed by atoms with E-state index in [0.717, 1.165) is 5.69 Å². The van der Waals surface area contributed by atoms with Crippen LogP contribution < -0.4 is 10.6 Å². The van der Waals surface area contributed by atoms with Gasteiger partial charge in [0.05, 0.1) is 11.6 Å². The lowest BCUT2D eigenvalue weighted by Gasteiger charge is -2.55. The first kappa shape index (κ1) is 28.6. The lowest BCUT2D eigenvalue weighted by atomic mass is 9.51. The molecule has 212 valence electrons. The summed E-state index contributed by atoms with van der Waals surface area (Å²) >= 11 is 0. The summed E-state index contributed by atoms with van der Waals surface area (Å²) in [6.45, 7) is 5.52. The lowest BCUT2D eigenvalue weighted by Crippen LogP contribution is -2.68. The van der Waals surface area contributed by atoms with Gasteiger partial charge in [-0.1, -0.05) is 13.8 Å². The van der Waals surface area contributed by atoms with Gasteiger partial charge in [0.1, 0.15) is 22.8 Å². The molecule has 0 spiro atoms. The number of aliphatic hydroxyl groups is 3. The highest BCUT2D eigenvalue weighted by molar-refractivity contribution is 6.24. The maximum atomic E-state index is 14.4. The van der Waals surface area contributed by atoms with Crippen molar-refractivity contribution < 1.29 is 34.8 Å². The van der Waals surface area contributed by atoms with Crippen LogP contribution in [0.4, 0.5) is 5.69 Å². The van der Waals surface area contributed by atoms with Crippen molar-refractivity contribution in [3.8, 4) is 5.75 Å². The fraction of sp³-hybridized carbons (Fsp3) is 0.536. The van der Waals surface area contributed by atoms with Crippen molar-refractivity contribution in [1.82, 2.24) is 9.80 Å². The first-order chi connectivity index (χ1) is 18.2. The Balaban J connectivity index is 2.10. The first-order valence-corrected chi connectivity index (χ1v) is 13.1. The van der Waals surface area contributed by atoms with Gasteiger partial charge in [0, 0.05) is 43.2 Å². The summed E-state index contributed by atoms with van der Waals surface area (Å²) < 4.78 is 0. The molecule has 3 aliphatic carbocycles. The maximum absolute atomic E-state index is 14.4. The molecule has 0 aliphatic heterocycles. The number of phenols is 1. The molecular formula is C28H38N4O7. The second kappa shape index (κ2) is 9.65. The van der Waals surface area contributed by atoms with E-state index in [0.29, 0.717) is 25.2 Å². The Morgan fingerprint density at radius 2 is 1.69 bits per heavy atom. The van der Waals surface area contributed by atoms with E-state index in [-0.39, 0.29) is 29.7 Å². The highest BCUT2D eigenvalue weighted by Gasteiger charge is 2.67. The van der Waals surface area contributed by atoms with Crippen LogP contribution in [0.2, 0.25) is 0 Å². The summed E-state index contributed by atoms with van der Waals surface area (Å²) in [6, 6.07) is 2.02. The largest absolute Gasteiger partial charge is 0.508 e. The van der Waals surface area contributed by atoms with Crippen LogP contribution in [-0.2, 0) is 20.8 Å². The molecule has 0 saturated heterocycles. The zero-order valence-electron chi connectivity index (χ0n) is 23.3. The Morgan fingerprint density at radius 3 is 2.21 bits per heavy atom. The van der Waals surface area contributed by atoms with E-state index >= 15 is 0 Å². The number of carbonyl (C=O) groups is 3. The van der Waals surface area contributed by atoms with Gasteiger partial charge in [-0.2, -0.15) is 0 Å². The number of anilines is 1. The minimum atomic E-state index is -2.68. The molecule has 1 aromatic rings. The number of amides is 1. The zero-order chi connectivity index (χ0) is 29.2. The second-order valence-corrected chi connectivity index (χ2v) is 11.3. The molecule has 3 aliphatic rings. The molecule has 6 N–H and O–H groups in total. The van der Waals surface area contributed by atoms with Crippen molar-refractivity contribution >= 4 is 28.9 Å². The molecule has 0 unspecified atom stereocenters. The molecule has 11 nitrogen and oxygen atoms in total. The minimum absolute atomic E-state index is 0.0256. The third-order valence-electron chi connectivity index (χ3n) is 8.71. The molecule has 1 amide bonds. The molecule has 11 heteroatoms. The summed E-state index contributed by atoms with van der Waals surface area (Å²) in [4.78, 5) is 45.6. The highest BCUT2D eigenvalue weighted by Crippen LogP contribution is 2.59. The van der Waals surface area contributed by atoms with Gasteiger partial charge < -0.3 is 36.0 Å². The number of hydrogen-bond donors (Lipinski definition) is 5. The average Bonchev–Trinajstić information content (AvgIpc) is 2.84. The van der Waals surface area contributed by atoms with Gasteiger partial charge in [0.2, 0.25) is 5.78 Å². The number of Topliss-reactive ketones (excluding diaryl/α,β-unsaturated/α-hetero) is 2. The predicted octanol–water partition coefficient (Wildman–Crippen LogP) is 0.742. The Hall–Kier alpha value is -3.41. The minimum Gasteiger partial charge on any atom is -0.508 e. The van der Waals surface area contributed by atoms with Crippen molar-refractivity contribution in [2.75, 3.05) is 52.7 Å². The molecule has 0 aromatic heterocycles. The molecule has 1 saturated carbocycles. The number of hydrogen-bond acceptors (Lipinski definition) is 10. The highest BCUT2D eigenvalue weighted by atomic mass is 16.3. The number of nitrogens with two attached hydrogens (primary N) is 1. The van der Waals surface area contributed by atoms with Gasteiger partial charge in [-0.3, -0.25) is 19.3 Å². The standard InChI is InChI=1S/C28H38N4O7/c1-7-32(8-2)13-27-11-14-16(30(3)4)9-10-17(33)18(14)22(34)20(27)25(37)28(39)15(12-27)21(31(5)6)23(35)19(24(28)36)26(29)38/h9-10,15,21,33-34,36,39H,7-8,11-13H2,1-6H3,(H2,29,38)/t15-,21-,27-,28+/m0/s1. The molecule has 0 heterocycles. The van der Waals surface area contributed by atoms with Gasteiger partial charge in [0.15, 0.2) is 11.4 Å². The molecule has 4 rings (SSSR count). The Kier molecular flexibility index (Phi) is 7.08. The van der Waals surface area contributed by atoms with Gasteiger partial charge >= 0.3 is 0 Å². The predicted molar refractivity (Wildman–Crippen MR) is 145 cm³/mol. The molecule has 4 atom stereocenters. The number of fused-ring (bicyclic) bond motifs is 3. The molecule has 1 fully saturated rings. The summed E-state index contributed by atoms with van der Waals surface area (Å²) in [5, 5.41) is 45.7. The van der Waals surface area contributed by atoms with Crippen LogP contribution in [0.15, 0.2) is 29.0 Å². The molecule has 39 heavy (non-hydrogen) atoms. The van der Waals surface area contributed by atoms with E-state index in [2.05, 4.69) is 4.90 Å². The Labute approximate surface area is 227 Å². The van der Waals surface area contributed by atoms with E-state index < -0.39 is 57.5 Å². The summed E-state index contributed by atoms with van der Waals surface area (Å²) in [7, 11) is 6.85. The van der Waals surface area contributed by atoms with Crippen LogP contribution in [0, 0.1) is 11.3 Å². The third-order valence-corrected chi connectivity index (χ3v) is 8.71. The Morgan fingerprint density at radius 1 is 1.08 bits per heavy atom. The number of likely N-dealkylation sites (N-methyl/N-ethyl adjacent to an activating group) is 1. The van der Waals surface area contributed by atoms with E-state index in [1.165, 1.54) is 11.0 Å². The van der Waals surface area contributed by atoms with Crippen molar-refractivity contribution in [3.63, 3.8) is 0 Å². The van der Waals surface area contributed by atoms with E-state index in [9.17, 15) is 34.8 Å². The van der Waals surface area contributed by atoms with E-state index in [4.69, 9.17) is 5.73 Å². The zero-order valence-corrected chi connectivity index (χ0v) is 23.3. The number of carbonyl (C=O) groups excluding carboxylic acids is 3. The van der Waals surface area contributed by atoms with Crippen LogP contribution in [0.3, 0.4) is 0 Å². The van der Waals surface area contributed by atoms with Gasteiger partial charge in [-0.25, -0.2) is 0 Å². The van der Waals surface area contributed by atoms with Crippen molar-refractivity contribution in [2.24, 2.45) is 17.1 Å². The van der Waals surface area contributed by atoms with Crippen LogP contribution >= 0.6 is 0 Å². The SMILES string of the molecule is CCN(CC)C[C@@]12Cc3c(N(C)C)ccc(O)c3C(O)=C1C(=O)[C@]1(O)C(O)=C(C(N)=O)C(=O)[C@@H](N(C)C)[C@@H]1C2. The van der Waals surface area contributed by atoms with Gasteiger partial charge in [-0.15, -0.1) is 0 Å². The maximum Gasteiger partial charge on any atom is 0.255 e. The van der Waals surface area contributed by atoms with Gasteiger partial charge in [0.25, 0.3) is 5.91 Å². The molecule has 1 aromatic carbocycles. The summed E-state index contributed by atoms with van der Waals surface area (Å²) in [6.07, 6.45) is 0.248. The van der Waals surface area contributed by atoms with Crippen LogP contribution in [0.25, 0.3) is 5.76 Å². The fourth-order valence-electron chi connectivity index (χ4n) is 6.91. The van der Waals surface area contributed by atoms with Crippen molar-refractivity contribution in [2.45, 2.75) is 38.3 Å². The van der Waals surface area contributed by atoms with Crippen molar-refractivity contribution in [3.05, 3.63) is 40.2 Å². The number of nitrogens with zero attached hydrogens (tertiary/aromatic N) is 3. The van der Waals surface area contributed by atoms with Crippen LogP contribution in [-0.4, -0.2) is 107 Å². The fourth-order valence-corrected chi connectivity index (χ4v) is 6.91. The summed E-state index contributed by atoms with van der Waals surface area (Å²) in [5.41, 5.74) is 2.13. The van der Waals surface area contributed by atoms with Crippen LogP contribution in [0.5, 0.6) is 5.75 Å². The monoisotopic (exact) mass is 542 g/mol. The molecular weight excluding hydrogens is 504 g/mol. The Bertz CT molecular complexity index is 1310. The number of ketones is 2. The van der Waals surface area contributed by atoms with E-state index in [1.54, 1.807) is 20.2 Å². The smallest absolute Gasteiger partial charge is 0.255 e. The third kappa shape index (κ3) is 3.94. The van der Waals surface area contributed by atoms with E-state index in [1.807, 2.05) is 32.8 Å². The number of aliphatic hydroxyl groups excluding tert-OH is 2. The van der Waals surface area contributed by atoms with Crippen molar-refractivity contribution in [1.29, 1.82) is 0 Å². The second-order valence-electron chi connectivity index (χ2n) is 11.3. The normalized spacial score (nSPS) is 28.5.